The van der Waals surface area contributed by atoms with Crippen molar-refractivity contribution in [2.45, 2.75) is 13.0 Å². The molecule has 2 heterocycles. The van der Waals surface area contributed by atoms with Crippen molar-refractivity contribution in [3.8, 4) is 11.8 Å². The van der Waals surface area contributed by atoms with Crippen molar-refractivity contribution < 1.29 is 19.1 Å². The van der Waals surface area contributed by atoms with Gasteiger partial charge in [0.2, 0.25) is 5.95 Å². The SMILES string of the molecule is C[C@H](Oc1ccc(C#N)cc1)C(=O)OCC(=O)N1CCN(c2ncccn2)CC1. The normalized spacial score (nSPS) is 14.6. The van der Waals surface area contributed by atoms with Gasteiger partial charge >= 0.3 is 5.97 Å². The van der Waals surface area contributed by atoms with Crippen LogP contribution in [-0.2, 0) is 14.3 Å². The molecule has 9 nitrogen and oxygen atoms in total. The van der Waals surface area contributed by atoms with Gasteiger partial charge in [-0.1, -0.05) is 0 Å². The lowest BCUT2D eigenvalue weighted by Gasteiger charge is -2.34. The molecule has 9 heteroatoms. The molecule has 0 spiro atoms. The van der Waals surface area contributed by atoms with Gasteiger partial charge in [0.05, 0.1) is 11.6 Å². The predicted octanol–water partition coefficient (Wildman–Crippen LogP) is 1.01. The van der Waals surface area contributed by atoms with Crippen LogP contribution in [0, 0.1) is 11.3 Å². The molecule has 1 saturated heterocycles. The maximum atomic E-state index is 12.3. The van der Waals surface area contributed by atoms with Crippen LogP contribution >= 0.6 is 0 Å². The highest BCUT2D eigenvalue weighted by Crippen LogP contribution is 2.14. The Labute approximate surface area is 168 Å². The van der Waals surface area contributed by atoms with Gasteiger partial charge < -0.3 is 19.3 Å². The minimum Gasteiger partial charge on any atom is -0.479 e. The molecule has 3 rings (SSSR count). The molecule has 0 radical (unpaired) electrons. The van der Waals surface area contributed by atoms with Crippen LogP contribution in [-0.4, -0.2) is 65.6 Å². The number of esters is 1. The third-order valence-electron chi connectivity index (χ3n) is 4.43. The Kier molecular flexibility index (Phi) is 6.58. The molecule has 0 N–H and O–H groups in total. The number of carbonyl (C=O) groups excluding carboxylic acids is 2. The minimum atomic E-state index is -0.872. The lowest BCUT2D eigenvalue weighted by molar-refractivity contribution is -0.157. The highest BCUT2D eigenvalue weighted by atomic mass is 16.6. The zero-order valence-electron chi connectivity index (χ0n) is 16.0. The quantitative estimate of drug-likeness (QED) is 0.667. The maximum Gasteiger partial charge on any atom is 0.347 e. The molecule has 0 aliphatic carbocycles. The predicted molar refractivity (Wildman–Crippen MR) is 103 cm³/mol. The zero-order chi connectivity index (χ0) is 20.6. The van der Waals surface area contributed by atoms with Crippen LogP contribution < -0.4 is 9.64 Å². The van der Waals surface area contributed by atoms with E-state index < -0.39 is 12.1 Å². The molecule has 0 saturated carbocycles. The number of ether oxygens (including phenoxy) is 2. The van der Waals surface area contributed by atoms with Gasteiger partial charge in [0.1, 0.15) is 5.75 Å². The van der Waals surface area contributed by atoms with Crippen LogP contribution in [0.1, 0.15) is 12.5 Å². The fraction of sp³-hybridized carbons (Fsp3) is 0.350. The number of carbonyl (C=O) groups is 2. The fourth-order valence-corrected chi connectivity index (χ4v) is 2.81. The monoisotopic (exact) mass is 395 g/mol. The van der Waals surface area contributed by atoms with E-state index in [-0.39, 0.29) is 12.5 Å². The Morgan fingerprint density at radius 1 is 1.14 bits per heavy atom. The molecule has 1 aliphatic rings. The van der Waals surface area contributed by atoms with Gasteiger partial charge in [-0.15, -0.1) is 0 Å². The Bertz CT molecular complexity index is 874. The average Bonchev–Trinajstić information content (AvgIpc) is 2.78. The average molecular weight is 395 g/mol. The first-order valence-electron chi connectivity index (χ1n) is 9.20. The molecule has 1 atom stereocenters. The number of nitrogens with zero attached hydrogens (tertiary/aromatic N) is 5. The van der Waals surface area contributed by atoms with Crippen LogP contribution in [0.2, 0.25) is 0 Å². The third-order valence-corrected chi connectivity index (χ3v) is 4.43. The van der Waals surface area contributed by atoms with Gasteiger partial charge in [-0.3, -0.25) is 4.79 Å². The van der Waals surface area contributed by atoms with Crippen LogP contribution in [0.25, 0.3) is 0 Å². The van der Waals surface area contributed by atoms with Gasteiger partial charge in [0.15, 0.2) is 12.7 Å². The van der Waals surface area contributed by atoms with Gasteiger partial charge in [-0.25, -0.2) is 14.8 Å². The van der Waals surface area contributed by atoms with Gasteiger partial charge in [0, 0.05) is 38.6 Å². The molecule has 29 heavy (non-hydrogen) atoms. The molecular formula is C20H21N5O4. The fourth-order valence-electron chi connectivity index (χ4n) is 2.81. The number of nitriles is 1. The number of aromatic nitrogens is 2. The number of anilines is 1. The van der Waals surface area contributed by atoms with Crippen LogP contribution in [0.4, 0.5) is 5.95 Å². The van der Waals surface area contributed by atoms with E-state index in [1.807, 2.05) is 11.0 Å². The van der Waals surface area contributed by atoms with Crippen molar-refractivity contribution in [2.75, 3.05) is 37.7 Å². The molecule has 0 bridgehead atoms. The summed E-state index contributed by atoms with van der Waals surface area (Å²) in [4.78, 5) is 36.5. The summed E-state index contributed by atoms with van der Waals surface area (Å²) in [7, 11) is 0. The smallest absolute Gasteiger partial charge is 0.347 e. The van der Waals surface area contributed by atoms with E-state index in [4.69, 9.17) is 14.7 Å². The highest BCUT2D eigenvalue weighted by Gasteiger charge is 2.24. The largest absolute Gasteiger partial charge is 0.479 e. The summed E-state index contributed by atoms with van der Waals surface area (Å²) < 4.78 is 10.6. The number of hydrogen-bond acceptors (Lipinski definition) is 8. The van der Waals surface area contributed by atoms with E-state index >= 15 is 0 Å². The van der Waals surface area contributed by atoms with Gasteiger partial charge in [0.25, 0.3) is 5.91 Å². The summed E-state index contributed by atoms with van der Waals surface area (Å²) in [6.07, 6.45) is 2.49. The van der Waals surface area contributed by atoms with Crippen molar-refractivity contribution in [1.82, 2.24) is 14.9 Å². The highest BCUT2D eigenvalue weighted by molar-refractivity contribution is 5.82. The van der Waals surface area contributed by atoms with E-state index in [0.717, 1.165) is 0 Å². The number of amides is 1. The van der Waals surface area contributed by atoms with Gasteiger partial charge in [-0.2, -0.15) is 5.26 Å². The number of benzene rings is 1. The van der Waals surface area contributed by atoms with Gasteiger partial charge in [-0.05, 0) is 37.3 Å². The zero-order valence-corrected chi connectivity index (χ0v) is 16.0. The van der Waals surface area contributed by atoms with E-state index in [0.29, 0.717) is 43.4 Å². The van der Waals surface area contributed by atoms with Crippen LogP contribution in [0.3, 0.4) is 0 Å². The van der Waals surface area contributed by atoms with E-state index in [1.54, 1.807) is 54.5 Å². The van der Waals surface area contributed by atoms with Crippen molar-refractivity contribution >= 4 is 17.8 Å². The Morgan fingerprint density at radius 3 is 2.41 bits per heavy atom. The molecule has 1 aliphatic heterocycles. The van der Waals surface area contributed by atoms with Crippen LogP contribution in [0.5, 0.6) is 5.75 Å². The molecule has 1 aromatic carbocycles. The number of piperazine rings is 1. The lowest BCUT2D eigenvalue weighted by atomic mass is 10.2. The second kappa shape index (κ2) is 9.50. The Morgan fingerprint density at radius 2 is 1.79 bits per heavy atom. The molecule has 1 fully saturated rings. The first-order valence-corrected chi connectivity index (χ1v) is 9.20. The molecule has 150 valence electrons. The number of rotatable bonds is 6. The molecule has 0 unspecified atom stereocenters. The molecule has 1 aromatic heterocycles. The lowest BCUT2D eigenvalue weighted by Crippen LogP contribution is -2.50. The minimum absolute atomic E-state index is 0.252. The Hall–Kier alpha value is -3.67. The third kappa shape index (κ3) is 5.42. The topological polar surface area (TPSA) is 109 Å². The second-order valence-electron chi connectivity index (χ2n) is 6.42. The summed E-state index contributed by atoms with van der Waals surface area (Å²) >= 11 is 0. The first kappa shape index (κ1) is 20.1. The second-order valence-corrected chi connectivity index (χ2v) is 6.42. The van der Waals surface area contributed by atoms with E-state index in [2.05, 4.69) is 9.97 Å². The Balaban J connectivity index is 1.41. The molecule has 2 aromatic rings. The summed E-state index contributed by atoms with van der Waals surface area (Å²) in [5.74, 6) is 0.204. The summed E-state index contributed by atoms with van der Waals surface area (Å²) in [6, 6.07) is 10.2. The van der Waals surface area contributed by atoms with E-state index in [1.165, 1.54) is 0 Å². The van der Waals surface area contributed by atoms with E-state index in [9.17, 15) is 9.59 Å². The van der Waals surface area contributed by atoms with Crippen molar-refractivity contribution in [3.05, 3.63) is 48.3 Å². The van der Waals surface area contributed by atoms with Crippen LogP contribution in [0.15, 0.2) is 42.7 Å². The van der Waals surface area contributed by atoms with Crippen molar-refractivity contribution in [2.24, 2.45) is 0 Å². The van der Waals surface area contributed by atoms with Crippen molar-refractivity contribution in [1.29, 1.82) is 5.26 Å². The maximum absolute atomic E-state index is 12.3. The summed E-state index contributed by atoms with van der Waals surface area (Å²) in [6.45, 7) is 3.45. The van der Waals surface area contributed by atoms with Crippen molar-refractivity contribution in [3.63, 3.8) is 0 Å². The summed E-state index contributed by atoms with van der Waals surface area (Å²) in [5, 5.41) is 8.79. The molecular weight excluding hydrogens is 374 g/mol. The number of hydrogen-bond donors (Lipinski definition) is 0. The summed E-state index contributed by atoms with van der Waals surface area (Å²) in [5.41, 5.74) is 0.497. The first-order chi connectivity index (χ1) is 14.1. The molecule has 1 amide bonds. The standard InChI is InChI=1S/C20H21N5O4/c1-15(29-17-5-3-16(13-21)4-6-17)19(27)28-14-18(26)24-9-11-25(12-10-24)20-22-7-2-8-23-20/h2-8,15H,9-12,14H2,1H3/t15-/m0/s1.